The molecule has 1 amide bonds. The minimum absolute atomic E-state index is 0.123. The predicted molar refractivity (Wildman–Crippen MR) is 105 cm³/mol. The molecule has 0 unspecified atom stereocenters. The van der Waals surface area contributed by atoms with Crippen molar-refractivity contribution < 1.29 is 23.8 Å². The first-order valence-corrected chi connectivity index (χ1v) is 8.88. The quantitative estimate of drug-likeness (QED) is 0.615. The zero-order valence-electron chi connectivity index (χ0n) is 15.9. The van der Waals surface area contributed by atoms with E-state index in [9.17, 15) is 23.9 Å². The number of methoxy groups -OCH3 is 1. The third-order valence-electron chi connectivity index (χ3n) is 4.30. The number of nitrogens with zero attached hydrogens (tertiary/aromatic N) is 2. The Morgan fingerprint density at radius 2 is 1.90 bits per heavy atom. The molecule has 2 aromatic carbocycles. The lowest BCUT2D eigenvalue weighted by Gasteiger charge is -2.15. The molecule has 3 rings (SSSR count). The Morgan fingerprint density at radius 1 is 1.17 bits per heavy atom. The summed E-state index contributed by atoms with van der Waals surface area (Å²) in [4.78, 5) is 36.0. The Kier molecular flexibility index (Phi) is 6.21. The predicted octanol–water partition coefficient (Wildman–Crippen LogP) is 2.00. The monoisotopic (exact) mass is 411 g/mol. The molecule has 0 radical (unpaired) electrons. The number of carboxylic acids is 1. The molecule has 2 N–H and O–H groups in total. The third-order valence-corrected chi connectivity index (χ3v) is 4.30. The molecule has 30 heavy (non-hydrogen) atoms. The van der Waals surface area contributed by atoms with Crippen LogP contribution in [0.25, 0.3) is 11.3 Å². The molecule has 0 saturated heterocycles. The summed E-state index contributed by atoms with van der Waals surface area (Å²) < 4.78 is 20.1. The molecule has 3 aromatic rings. The third kappa shape index (κ3) is 4.69. The minimum atomic E-state index is -1.28. The fraction of sp³-hybridized carbons (Fsp3) is 0.143. The summed E-state index contributed by atoms with van der Waals surface area (Å²) in [5.41, 5.74) is 0.0557. The number of nitrogens with one attached hydrogen (secondary N) is 1. The largest absolute Gasteiger partial charge is 0.497 e. The van der Waals surface area contributed by atoms with E-state index in [1.54, 1.807) is 36.4 Å². The zero-order chi connectivity index (χ0) is 21.7. The summed E-state index contributed by atoms with van der Waals surface area (Å²) in [7, 11) is 1.41. The van der Waals surface area contributed by atoms with Gasteiger partial charge in [-0.05, 0) is 23.8 Å². The Bertz CT molecular complexity index is 1130. The lowest BCUT2D eigenvalue weighted by atomic mass is 10.1. The molecule has 0 bridgehead atoms. The number of hydrogen-bond donors (Lipinski definition) is 2. The standard InChI is InChI=1S/C21H18FN3O5/c1-30-14-7-8-15(16(22)11-14)17-9-10-19(27)25(24-17)12-18(26)23-20(21(28)29)13-5-3-2-4-6-13/h2-11,20H,12H2,1H3,(H,23,26)(H,28,29)/t20-/m1/s1. The number of hydrogen-bond acceptors (Lipinski definition) is 5. The van der Waals surface area contributed by atoms with Gasteiger partial charge in [-0.2, -0.15) is 5.10 Å². The molecule has 0 saturated carbocycles. The summed E-state index contributed by atoms with van der Waals surface area (Å²) in [5.74, 6) is -2.26. The van der Waals surface area contributed by atoms with Gasteiger partial charge < -0.3 is 15.2 Å². The topological polar surface area (TPSA) is 111 Å². The highest BCUT2D eigenvalue weighted by Gasteiger charge is 2.22. The second-order valence-corrected chi connectivity index (χ2v) is 6.31. The molecule has 0 fully saturated rings. The number of benzene rings is 2. The van der Waals surface area contributed by atoms with Crippen molar-refractivity contribution >= 4 is 11.9 Å². The first-order valence-electron chi connectivity index (χ1n) is 8.88. The van der Waals surface area contributed by atoms with Gasteiger partial charge in [-0.15, -0.1) is 0 Å². The molecule has 0 aliphatic heterocycles. The van der Waals surface area contributed by atoms with Gasteiger partial charge in [-0.1, -0.05) is 30.3 Å². The number of carboxylic acid groups (broad SMARTS) is 1. The Labute approximate surface area is 170 Å². The summed E-state index contributed by atoms with van der Waals surface area (Å²) in [6.45, 7) is -0.527. The van der Waals surface area contributed by atoms with Crippen molar-refractivity contribution in [1.82, 2.24) is 15.1 Å². The average molecular weight is 411 g/mol. The van der Waals surface area contributed by atoms with Crippen molar-refractivity contribution in [1.29, 1.82) is 0 Å². The Balaban J connectivity index is 1.83. The van der Waals surface area contributed by atoms with Crippen LogP contribution in [0.4, 0.5) is 4.39 Å². The highest BCUT2D eigenvalue weighted by Crippen LogP contribution is 2.24. The lowest BCUT2D eigenvalue weighted by Crippen LogP contribution is -2.38. The molecule has 9 heteroatoms. The van der Waals surface area contributed by atoms with Gasteiger partial charge in [-0.3, -0.25) is 9.59 Å². The summed E-state index contributed by atoms with van der Waals surface area (Å²) in [6.07, 6.45) is 0. The van der Waals surface area contributed by atoms with E-state index >= 15 is 0 Å². The smallest absolute Gasteiger partial charge is 0.330 e. The van der Waals surface area contributed by atoms with Crippen molar-refractivity contribution in [3.05, 3.63) is 82.4 Å². The molecular formula is C21H18FN3O5. The maximum Gasteiger partial charge on any atom is 0.330 e. The maximum atomic E-state index is 14.3. The van der Waals surface area contributed by atoms with Gasteiger partial charge in [0, 0.05) is 17.7 Å². The number of ether oxygens (including phenoxy) is 1. The first kappa shape index (κ1) is 20.7. The molecule has 0 aliphatic rings. The lowest BCUT2D eigenvalue weighted by molar-refractivity contribution is -0.142. The molecule has 1 heterocycles. The summed E-state index contributed by atoms with van der Waals surface area (Å²) in [6, 6.07) is 13.5. The van der Waals surface area contributed by atoms with E-state index in [-0.39, 0.29) is 11.3 Å². The second kappa shape index (κ2) is 8.99. The Hall–Kier alpha value is -4.01. The van der Waals surface area contributed by atoms with E-state index in [2.05, 4.69) is 10.4 Å². The van der Waals surface area contributed by atoms with Gasteiger partial charge >= 0.3 is 5.97 Å². The number of aromatic nitrogens is 2. The first-order chi connectivity index (χ1) is 14.4. The zero-order valence-corrected chi connectivity index (χ0v) is 15.9. The highest BCUT2D eigenvalue weighted by atomic mass is 19.1. The number of halogens is 1. The van der Waals surface area contributed by atoms with Crippen LogP contribution in [0.15, 0.2) is 65.5 Å². The van der Waals surface area contributed by atoms with Crippen molar-refractivity contribution in [2.24, 2.45) is 0 Å². The van der Waals surface area contributed by atoms with Crippen molar-refractivity contribution in [2.45, 2.75) is 12.6 Å². The van der Waals surface area contributed by atoms with Crippen LogP contribution >= 0.6 is 0 Å². The number of rotatable bonds is 7. The van der Waals surface area contributed by atoms with Crippen LogP contribution in [-0.2, 0) is 16.1 Å². The molecule has 8 nitrogen and oxygen atoms in total. The van der Waals surface area contributed by atoms with Crippen molar-refractivity contribution in [3.8, 4) is 17.0 Å². The molecule has 1 aromatic heterocycles. The van der Waals surface area contributed by atoms with Gasteiger partial charge in [0.15, 0.2) is 6.04 Å². The summed E-state index contributed by atoms with van der Waals surface area (Å²) in [5, 5.41) is 15.8. The van der Waals surface area contributed by atoms with Crippen molar-refractivity contribution in [3.63, 3.8) is 0 Å². The number of carbonyl (C=O) groups excluding carboxylic acids is 1. The molecule has 154 valence electrons. The van der Waals surface area contributed by atoms with Crippen LogP contribution in [0.1, 0.15) is 11.6 Å². The minimum Gasteiger partial charge on any atom is -0.497 e. The average Bonchev–Trinajstić information content (AvgIpc) is 2.74. The van der Waals surface area contributed by atoms with Crippen molar-refractivity contribution in [2.75, 3.05) is 7.11 Å². The molecule has 0 spiro atoms. The SMILES string of the molecule is COc1ccc(-c2ccc(=O)n(CC(=O)N[C@@H](C(=O)O)c3ccccc3)n2)c(F)c1. The Morgan fingerprint density at radius 3 is 2.53 bits per heavy atom. The van der Waals surface area contributed by atoms with E-state index < -0.39 is 35.8 Å². The van der Waals surface area contributed by atoms with Crippen LogP contribution in [0.5, 0.6) is 5.75 Å². The summed E-state index contributed by atoms with van der Waals surface area (Å²) >= 11 is 0. The van der Waals surface area contributed by atoms with Crippen LogP contribution in [0.2, 0.25) is 0 Å². The van der Waals surface area contributed by atoms with E-state index in [1.807, 2.05) is 0 Å². The molecular weight excluding hydrogens is 393 g/mol. The number of aliphatic carboxylic acids is 1. The van der Waals surface area contributed by atoms with E-state index in [4.69, 9.17) is 4.74 Å². The number of amides is 1. The fourth-order valence-corrected chi connectivity index (χ4v) is 2.81. The van der Waals surface area contributed by atoms with Crippen LogP contribution in [-0.4, -0.2) is 33.9 Å². The van der Waals surface area contributed by atoms with Gasteiger partial charge in [0.25, 0.3) is 5.56 Å². The normalized spacial score (nSPS) is 11.5. The van der Waals surface area contributed by atoms with E-state index in [0.717, 1.165) is 10.7 Å². The van der Waals surface area contributed by atoms with E-state index in [0.29, 0.717) is 11.3 Å². The maximum absolute atomic E-state index is 14.3. The highest BCUT2D eigenvalue weighted by molar-refractivity contribution is 5.84. The fourth-order valence-electron chi connectivity index (χ4n) is 2.81. The second-order valence-electron chi connectivity index (χ2n) is 6.31. The van der Waals surface area contributed by atoms with Gasteiger partial charge in [0.1, 0.15) is 18.1 Å². The van der Waals surface area contributed by atoms with Crippen LogP contribution < -0.4 is 15.6 Å². The van der Waals surface area contributed by atoms with E-state index in [1.165, 1.54) is 25.3 Å². The van der Waals surface area contributed by atoms with Gasteiger partial charge in [0.05, 0.1) is 12.8 Å². The van der Waals surface area contributed by atoms with Gasteiger partial charge in [0.2, 0.25) is 5.91 Å². The van der Waals surface area contributed by atoms with Crippen LogP contribution in [0, 0.1) is 5.82 Å². The number of carbonyl (C=O) groups is 2. The molecule has 1 atom stereocenters. The van der Waals surface area contributed by atoms with Gasteiger partial charge in [-0.25, -0.2) is 13.9 Å². The molecule has 0 aliphatic carbocycles. The van der Waals surface area contributed by atoms with Crippen LogP contribution in [0.3, 0.4) is 0 Å².